The number of nitrogens with one attached hydrogen (secondary N) is 1. The second-order valence-corrected chi connectivity index (χ2v) is 7.34. The standard InChI is InChI=1S/C23H16Cl2FN3O/c1-27-23(30)20-21(15-9-5-10-16(24)13-15)29(18-12-6-11-17(25)19(18)26)22(28-20)14-7-3-2-4-8-14/h2-13H,1H3,(H,27,30). The molecule has 1 aromatic heterocycles. The lowest BCUT2D eigenvalue weighted by Crippen LogP contribution is -2.19. The molecule has 4 rings (SSSR count). The number of nitrogens with zero attached hydrogens (tertiary/aromatic N) is 2. The Morgan fingerprint density at radius 1 is 0.967 bits per heavy atom. The first kappa shape index (κ1) is 20.1. The van der Waals surface area contributed by atoms with Crippen molar-refractivity contribution in [3.05, 3.63) is 94.4 Å². The smallest absolute Gasteiger partial charge is 0.271 e. The van der Waals surface area contributed by atoms with Crippen LogP contribution in [0.15, 0.2) is 72.8 Å². The molecule has 0 fully saturated rings. The van der Waals surface area contributed by atoms with Gasteiger partial charge in [-0.1, -0.05) is 71.7 Å². The fourth-order valence-electron chi connectivity index (χ4n) is 3.28. The number of amides is 1. The zero-order valence-corrected chi connectivity index (χ0v) is 17.4. The highest BCUT2D eigenvalue weighted by atomic mass is 35.5. The van der Waals surface area contributed by atoms with E-state index in [4.69, 9.17) is 23.2 Å². The third-order valence-electron chi connectivity index (χ3n) is 4.62. The highest BCUT2D eigenvalue weighted by Gasteiger charge is 2.26. The van der Waals surface area contributed by atoms with E-state index >= 15 is 4.39 Å². The lowest BCUT2D eigenvalue weighted by atomic mass is 10.1. The number of carbonyl (C=O) groups excluding carboxylic acids is 1. The fourth-order valence-corrected chi connectivity index (χ4v) is 3.64. The topological polar surface area (TPSA) is 46.9 Å². The summed E-state index contributed by atoms with van der Waals surface area (Å²) in [5.74, 6) is -0.603. The van der Waals surface area contributed by atoms with E-state index in [0.717, 1.165) is 5.56 Å². The average Bonchev–Trinajstić information content (AvgIpc) is 3.16. The van der Waals surface area contributed by atoms with Gasteiger partial charge in [0.05, 0.1) is 16.4 Å². The summed E-state index contributed by atoms with van der Waals surface area (Å²) in [6.07, 6.45) is 0. The number of imidazole rings is 1. The van der Waals surface area contributed by atoms with Crippen molar-refractivity contribution >= 4 is 29.1 Å². The Morgan fingerprint density at radius 2 is 1.67 bits per heavy atom. The molecule has 4 nitrogen and oxygen atoms in total. The Bertz CT molecular complexity index is 1240. The van der Waals surface area contributed by atoms with Crippen molar-refractivity contribution in [2.24, 2.45) is 0 Å². The molecule has 0 spiro atoms. The maximum atomic E-state index is 15.1. The van der Waals surface area contributed by atoms with Crippen molar-refractivity contribution in [1.29, 1.82) is 0 Å². The summed E-state index contributed by atoms with van der Waals surface area (Å²) >= 11 is 12.3. The number of benzene rings is 3. The van der Waals surface area contributed by atoms with Crippen LogP contribution in [0.2, 0.25) is 10.0 Å². The quantitative estimate of drug-likeness (QED) is 0.423. The Kier molecular flexibility index (Phi) is 5.57. The van der Waals surface area contributed by atoms with Gasteiger partial charge in [0.2, 0.25) is 0 Å². The van der Waals surface area contributed by atoms with Crippen LogP contribution in [0.1, 0.15) is 10.5 Å². The van der Waals surface area contributed by atoms with Gasteiger partial charge in [0.1, 0.15) is 5.82 Å². The van der Waals surface area contributed by atoms with Crippen LogP contribution >= 0.6 is 23.2 Å². The van der Waals surface area contributed by atoms with Gasteiger partial charge in [0.15, 0.2) is 11.5 Å². The van der Waals surface area contributed by atoms with Crippen LogP contribution in [-0.4, -0.2) is 22.5 Å². The molecule has 0 saturated heterocycles. The van der Waals surface area contributed by atoms with Crippen molar-refractivity contribution < 1.29 is 9.18 Å². The molecule has 7 heteroatoms. The Balaban J connectivity index is 2.15. The van der Waals surface area contributed by atoms with E-state index in [1.165, 1.54) is 13.1 Å². The Hall–Kier alpha value is -3.15. The van der Waals surface area contributed by atoms with Gasteiger partial charge in [-0.15, -0.1) is 0 Å². The number of hydrogen-bond acceptors (Lipinski definition) is 2. The molecule has 0 aliphatic rings. The molecule has 0 atom stereocenters. The van der Waals surface area contributed by atoms with Gasteiger partial charge in [0.25, 0.3) is 5.91 Å². The molecule has 0 unspecified atom stereocenters. The molecule has 3 aromatic carbocycles. The minimum absolute atomic E-state index is 0.0289. The van der Waals surface area contributed by atoms with Crippen LogP contribution in [0.5, 0.6) is 0 Å². The average molecular weight is 440 g/mol. The summed E-state index contributed by atoms with van der Waals surface area (Å²) < 4.78 is 16.7. The monoisotopic (exact) mass is 439 g/mol. The van der Waals surface area contributed by atoms with E-state index in [2.05, 4.69) is 10.3 Å². The normalized spacial score (nSPS) is 10.8. The van der Waals surface area contributed by atoms with Gasteiger partial charge >= 0.3 is 0 Å². The molecule has 0 aliphatic heterocycles. The lowest BCUT2D eigenvalue weighted by Gasteiger charge is -2.15. The van der Waals surface area contributed by atoms with Gasteiger partial charge in [-0.25, -0.2) is 9.37 Å². The van der Waals surface area contributed by atoms with E-state index < -0.39 is 11.7 Å². The molecular weight excluding hydrogens is 424 g/mol. The summed E-state index contributed by atoms with van der Waals surface area (Å²) in [5, 5.41) is 3.06. The minimum Gasteiger partial charge on any atom is -0.354 e. The first-order chi connectivity index (χ1) is 14.5. The van der Waals surface area contributed by atoms with E-state index in [1.54, 1.807) is 41.0 Å². The molecule has 0 aliphatic carbocycles. The first-order valence-electron chi connectivity index (χ1n) is 9.12. The van der Waals surface area contributed by atoms with Gasteiger partial charge in [-0.3, -0.25) is 9.36 Å². The molecular formula is C23H16Cl2FN3O. The van der Waals surface area contributed by atoms with Gasteiger partial charge in [-0.05, 0) is 24.3 Å². The zero-order valence-electron chi connectivity index (χ0n) is 15.9. The molecule has 1 heterocycles. The predicted octanol–water partition coefficient (Wildman–Crippen LogP) is 6.01. The molecule has 4 aromatic rings. The van der Waals surface area contributed by atoms with Crippen LogP contribution in [0.25, 0.3) is 28.3 Å². The van der Waals surface area contributed by atoms with Crippen LogP contribution in [-0.2, 0) is 0 Å². The predicted molar refractivity (Wildman–Crippen MR) is 118 cm³/mol. The third kappa shape index (κ3) is 3.58. The van der Waals surface area contributed by atoms with E-state index in [-0.39, 0.29) is 16.4 Å². The van der Waals surface area contributed by atoms with Crippen LogP contribution in [0, 0.1) is 5.82 Å². The van der Waals surface area contributed by atoms with Crippen molar-refractivity contribution in [3.63, 3.8) is 0 Å². The van der Waals surface area contributed by atoms with Gasteiger partial charge in [0, 0.05) is 23.2 Å². The number of carbonyl (C=O) groups is 1. The minimum atomic E-state index is -0.611. The van der Waals surface area contributed by atoms with Crippen molar-refractivity contribution in [2.75, 3.05) is 7.05 Å². The number of halogens is 3. The molecule has 0 saturated carbocycles. The third-order valence-corrected chi connectivity index (χ3v) is 5.15. The summed E-state index contributed by atoms with van der Waals surface area (Å²) in [5.41, 5.74) is 2.08. The summed E-state index contributed by atoms with van der Waals surface area (Å²) in [4.78, 5) is 17.3. The van der Waals surface area contributed by atoms with Crippen molar-refractivity contribution in [1.82, 2.24) is 14.9 Å². The molecule has 30 heavy (non-hydrogen) atoms. The number of rotatable bonds is 4. The summed E-state index contributed by atoms with van der Waals surface area (Å²) in [6, 6.07) is 21.0. The van der Waals surface area contributed by atoms with Crippen LogP contribution < -0.4 is 5.32 Å². The van der Waals surface area contributed by atoms with Gasteiger partial charge < -0.3 is 5.32 Å². The zero-order chi connectivity index (χ0) is 21.3. The fraction of sp³-hybridized carbons (Fsp3) is 0.0435. The molecule has 0 bridgehead atoms. The number of hydrogen-bond donors (Lipinski definition) is 1. The Morgan fingerprint density at radius 3 is 2.37 bits per heavy atom. The highest BCUT2D eigenvalue weighted by Crippen LogP contribution is 2.36. The summed E-state index contributed by atoms with van der Waals surface area (Å²) in [7, 11) is 1.52. The SMILES string of the molecule is CNC(=O)c1nc(-c2ccccc2)n(-c2cccc(Cl)c2F)c1-c1cccc(Cl)c1. The second-order valence-electron chi connectivity index (χ2n) is 6.50. The maximum absolute atomic E-state index is 15.1. The molecule has 1 amide bonds. The van der Waals surface area contributed by atoms with Crippen LogP contribution in [0.4, 0.5) is 4.39 Å². The van der Waals surface area contributed by atoms with Crippen molar-refractivity contribution in [2.45, 2.75) is 0 Å². The lowest BCUT2D eigenvalue weighted by molar-refractivity contribution is 0.0959. The number of aromatic nitrogens is 2. The molecule has 1 N–H and O–H groups in total. The molecule has 0 radical (unpaired) electrons. The highest BCUT2D eigenvalue weighted by molar-refractivity contribution is 6.31. The Labute approximate surface area is 182 Å². The largest absolute Gasteiger partial charge is 0.354 e. The van der Waals surface area contributed by atoms with Crippen molar-refractivity contribution in [3.8, 4) is 28.3 Å². The van der Waals surface area contributed by atoms with Gasteiger partial charge in [-0.2, -0.15) is 0 Å². The second kappa shape index (κ2) is 8.30. The first-order valence-corrected chi connectivity index (χ1v) is 9.87. The molecule has 150 valence electrons. The maximum Gasteiger partial charge on any atom is 0.271 e. The van der Waals surface area contributed by atoms with Crippen LogP contribution in [0.3, 0.4) is 0 Å². The summed E-state index contributed by atoms with van der Waals surface area (Å²) in [6.45, 7) is 0. The van der Waals surface area contributed by atoms with E-state index in [0.29, 0.717) is 22.1 Å². The van der Waals surface area contributed by atoms with E-state index in [9.17, 15) is 4.79 Å². The van der Waals surface area contributed by atoms with E-state index in [1.807, 2.05) is 30.3 Å².